The molecule has 0 heterocycles. The fourth-order valence-electron chi connectivity index (χ4n) is 1.46. The number of likely N-dealkylation sites (N-methyl/N-ethyl adjacent to an activating group) is 1. The number of nitrogens with zero attached hydrogens (tertiary/aromatic N) is 1. The second-order valence-electron chi connectivity index (χ2n) is 4.67. The van der Waals surface area contributed by atoms with Crippen molar-refractivity contribution in [2.45, 2.75) is 25.8 Å². The third-order valence-electron chi connectivity index (χ3n) is 2.85. The first-order chi connectivity index (χ1) is 8.93. The van der Waals surface area contributed by atoms with E-state index in [9.17, 15) is 9.59 Å². The van der Waals surface area contributed by atoms with Crippen molar-refractivity contribution in [1.29, 1.82) is 0 Å². The lowest BCUT2D eigenvalue weighted by atomic mass is 10.1. The summed E-state index contributed by atoms with van der Waals surface area (Å²) >= 11 is 0. The van der Waals surface area contributed by atoms with Crippen LogP contribution < -0.4 is 11.1 Å². The van der Waals surface area contributed by atoms with Crippen LogP contribution >= 0.6 is 12.4 Å². The second-order valence-corrected chi connectivity index (χ2v) is 4.67. The normalized spacial score (nSPS) is 11.2. The van der Waals surface area contributed by atoms with E-state index in [0.717, 1.165) is 5.56 Å². The molecule has 1 aromatic rings. The average Bonchev–Trinajstić information content (AvgIpc) is 2.39. The smallest absolute Gasteiger partial charge is 0.241 e. The zero-order valence-corrected chi connectivity index (χ0v) is 12.9. The number of carbonyl (C=O) groups is 2. The third-order valence-corrected chi connectivity index (χ3v) is 2.85. The van der Waals surface area contributed by atoms with E-state index < -0.39 is 6.04 Å². The molecule has 1 rings (SSSR count). The quantitative estimate of drug-likeness (QED) is 0.863. The van der Waals surface area contributed by atoms with Gasteiger partial charge in [-0.25, -0.2) is 0 Å². The van der Waals surface area contributed by atoms with Gasteiger partial charge in [0.2, 0.25) is 11.8 Å². The molecule has 5 nitrogen and oxygen atoms in total. The first kappa shape index (κ1) is 18.4. The molecule has 0 bridgehead atoms. The lowest BCUT2D eigenvalue weighted by Crippen LogP contribution is -2.34. The number of hydrogen-bond donors (Lipinski definition) is 2. The van der Waals surface area contributed by atoms with Gasteiger partial charge in [0.05, 0.1) is 12.5 Å². The predicted octanol–water partition coefficient (Wildman–Crippen LogP) is 1.41. The number of nitrogens with two attached hydrogens (primary N) is 1. The molecule has 0 radical (unpaired) electrons. The van der Waals surface area contributed by atoms with Crippen molar-refractivity contribution in [3.63, 3.8) is 0 Å². The standard InChI is InChI=1S/C14H21N3O2.ClH/c1-4-12(15)14(19)16-11-7-5-10(6-8-11)9-13(18)17(2)3;/h5-8,12H,4,9,15H2,1-3H3,(H,16,19);1H/t12-;/m0./s1. The molecule has 0 spiro atoms. The van der Waals surface area contributed by atoms with Gasteiger partial charge in [-0.05, 0) is 24.1 Å². The number of anilines is 1. The van der Waals surface area contributed by atoms with Gasteiger partial charge in [-0.2, -0.15) is 0 Å². The second kappa shape index (κ2) is 8.55. The number of nitrogens with one attached hydrogen (secondary N) is 1. The van der Waals surface area contributed by atoms with Crippen molar-refractivity contribution in [2.75, 3.05) is 19.4 Å². The minimum absolute atomic E-state index is 0. The van der Waals surface area contributed by atoms with Gasteiger partial charge in [0, 0.05) is 19.8 Å². The summed E-state index contributed by atoms with van der Waals surface area (Å²) in [7, 11) is 3.45. The summed E-state index contributed by atoms with van der Waals surface area (Å²) in [6.45, 7) is 1.86. The Kier molecular flexibility index (Phi) is 7.87. The van der Waals surface area contributed by atoms with Crippen molar-refractivity contribution in [2.24, 2.45) is 5.73 Å². The Bertz CT molecular complexity index is 446. The lowest BCUT2D eigenvalue weighted by molar-refractivity contribution is -0.128. The molecule has 2 amide bonds. The fourth-order valence-corrected chi connectivity index (χ4v) is 1.46. The summed E-state index contributed by atoms with van der Waals surface area (Å²) in [5.41, 5.74) is 7.23. The van der Waals surface area contributed by atoms with Crippen LogP contribution in [0.4, 0.5) is 5.69 Å². The minimum Gasteiger partial charge on any atom is -0.349 e. The van der Waals surface area contributed by atoms with E-state index in [1.165, 1.54) is 0 Å². The van der Waals surface area contributed by atoms with Crippen molar-refractivity contribution >= 4 is 29.9 Å². The molecule has 0 unspecified atom stereocenters. The molecule has 0 saturated heterocycles. The van der Waals surface area contributed by atoms with E-state index in [1.54, 1.807) is 31.1 Å². The Hall–Kier alpha value is -1.59. The lowest BCUT2D eigenvalue weighted by Gasteiger charge is -2.12. The zero-order chi connectivity index (χ0) is 14.4. The highest BCUT2D eigenvalue weighted by atomic mass is 35.5. The molecule has 0 aromatic heterocycles. The van der Waals surface area contributed by atoms with Gasteiger partial charge in [-0.1, -0.05) is 19.1 Å². The van der Waals surface area contributed by atoms with E-state index in [1.807, 2.05) is 19.1 Å². The fraction of sp³-hybridized carbons (Fsp3) is 0.429. The maximum Gasteiger partial charge on any atom is 0.241 e. The Morgan fingerprint density at radius 2 is 1.80 bits per heavy atom. The van der Waals surface area contributed by atoms with Crippen LogP contribution in [0.2, 0.25) is 0 Å². The zero-order valence-electron chi connectivity index (χ0n) is 12.1. The maximum absolute atomic E-state index is 11.6. The summed E-state index contributed by atoms with van der Waals surface area (Å²) in [5.74, 6) is -0.149. The van der Waals surface area contributed by atoms with Gasteiger partial charge in [-0.15, -0.1) is 12.4 Å². The summed E-state index contributed by atoms with van der Waals surface area (Å²) in [6, 6.07) is 6.72. The number of halogens is 1. The summed E-state index contributed by atoms with van der Waals surface area (Å²) in [4.78, 5) is 24.7. The summed E-state index contributed by atoms with van der Waals surface area (Å²) in [6.07, 6.45) is 0.955. The molecule has 1 aromatic carbocycles. The largest absolute Gasteiger partial charge is 0.349 e. The number of amides is 2. The van der Waals surface area contributed by atoms with Crippen molar-refractivity contribution in [3.8, 4) is 0 Å². The molecule has 3 N–H and O–H groups in total. The molecule has 112 valence electrons. The van der Waals surface area contributed by atoms with Crippen LogP contribution in [-0.2, 0) is 16.0 Å². The van der Waals surface area contributed by atoms with Gasteiger partial charge in [0.1, 0.15) is 0 Å². The molecule has 0 aliphatic carbocycles. The highest BCUT2D eigenvalue weighted by Crippen LogP contribution is 2.11. The number of benzene rings is 1. The van der Waals surface area contributed by atoms with E-state index in [4.69, 9.17) is 5.73 Å². The number of rotatable bonds is 5. The molecule has 0 fully saturated rings. The average molecular weight is 300 g/mol. The number of hydrogen-bond acceptors (Lipinski definition) is 3. The molecular weight excluding hydrogens is 278 g/mol. The summed E-state index contributed by atoms with van der Waals surface area (Å²) < 4.78 is 0. The van der Waals surface area contributed by atoms with Crippen LogP contribution in [0.15, 0.2) is 24.3 Å². The topological polar surface area (TPSA) is 75.4 Å². The van der Waals surface area contributed by atoms with Gasteiger partial charge in [0.25, 0.3) is 0 Å². The van der Waals surface area contributed by atoms with Gasteiger partial charge < -0.3 is 16.0 Å². The van der Waals surface area contributed by atoms with Crippen molar-refractivity contribution in [1.82, 2.24) is 4.90 Å². The molecular formula is C14H22ClN3O2. The Morgan fingerprint density at radius 1 is 1.25 bits per heavy atom. The number of carbonyl (C=O) groups excluding carboxylic acids is 2. The van der Waals surface area contributed by atoms with E-state index >= 15 is 0 Å². The minimum atomic E-state index is -0.491. The van der Waals surface area contributed by atoms with Crippen molar-refractivity contribution in [3.05, 3.63) is 29.8 Å². The molecule has 1 atom stereocenters. The summed E-state index contributed by atoms with van der Waals surface area (Å²) in [5, 5.41) is 2.74. The van der Waals surface area contributed by atoms with E-state index in [0.29, 0.717) is 18.5 Å². The highest BCUT2D eigenvalue weighted by Gasteiger charge is 2.11. The third kappa shape index (κ3) is 5.59. The highest BCUT2D eigenvalue weighted by molar-refractivity contribution is 5.94. The Labute approximate surface area is 125 Å². The molecule has 20 heavy (non-hydrogen) atoms. The van der Waals surface area contributed by atoms with Gasteiger partial charge in [-0.3, -0.25) is 9.59 Å². The van der Waals surface area contributed by atoms with Crippen LogP contribution in [-0.4, -0.2) is 36.9 Å². The van der Waals surface area contributed by atoms with Crippen LogP contribution in [0, 0.1) is 0 Å². The first-order valence-corrected chi connectivity index (χ1v) is 6.29. The first-order valence-electron chi connectivity index (χ1n) is 6.29. The van der Waals surface area contributed by atoms with Gasteiger partial charge in [0.15, 0.2) is 0 Å². The molecule has 6 heteroatoms. The maximum atomic E-state index is 11.6. The van der Waals surface area contributed by atoms with Crippen LogP contribution in [0.5, 0.6) is 0 Å². The van der Waals surface area contributed by atoms with Crippen LogP contribution in [0.1, 0.15) is 18.9 Å². The predicted molar refractivity (Wildman–Crippen MR) is 83.0 cm³/mol. The molecule has 0 saturated carbocycles. The van der Waals surface area contributed by atoms with Crippen LogP contribution in [0.25, 0.3) is 0 Å². The van der Waals surface area contributed by atoms with E-state index in [-0.39, 0.29) is 24.2 Å². The molecule has 0 aliphatic rings. The van der Waals surface area contributed by atoms with Crippen molar-refractivity contribution < 1.29 is 9.59 Å². The SMILES string of the molecule is CC[C@H](N)C(=O)Nc1ccc(CC(=O)N(C)C)cc1.Cl. The van der Waals surface area contributed by atoms with Crippen LogP contribution in [0.3, 0.4) is 0 Å². The van der Waals surface area contributed by atoms with Gasteiger partial charge >= 0.3 is 0 Å². The molecule has 0 aliphatic heterocycles. The van der Waals surface area contributed by atoms with E-state index in [2.05, 4.69) is 5.32 Å². The Balaban J connectivity index is 0.00000361. The Morgan fingerprint density at radius 3 is 2.25 bits per heavy atom. The monoisotopic (exact) mass is 299 g/mol.